The summed E-state index contributed by atoms with van der Waals surface area (Å²) in [6.07, 6.45) is 0. The molecule has 0 spiro atoms. The molecule has 0 unspecified atom stereocenters. The highest BCUT2D eigenvalue weighted by atomic mass is 35.5. The van der Waals surface area contributed by atoms with E-state index in [1.165, 1.54) is 6.07 Å². The van der Waals surface area contributed by atoms with Crippen molar-refractivity contribution in [2.45, 2.75) is 12.8 Å². The molecule has 20 heavy (non-hydrogen) atoms. The van der Waals surface area contributed by atoms with Crippen LogP contribution < -0.4 is 4.90 Å². The summed E-state index contributed by atoms with van der Waals surface area (Å²) in [5, 5.41) is 11.2. The Morgan fingerprint density at radius 2 is 1.85 bits per heavy atom. The Morgan fingerprint density at radius 1 is 1.20 bits per heavy atom. The molecule has 0 aliphatic carbocycles. The molecule has 104 valence electrons. The SMILES string of the molecule is Cc1ccc(N(C)c2ccc(CCl)cc2[N+](=O)[O-])cc1. The van der Waals surface area contributed by atoms with Gasteiger partial charge in [-0.2, -0.15) is 0 Å². The Balaban J connectivity index is 2.45. The number of rotatable bonds is 4. The maximum absolute atomic E-state index is 11.2. The quantitative estimate of drug-likeness (QED) is 0.476. The van der Waals surface area contributed by atoms with Crippen molar-refractivity contribution in [3.05, 3.63) is 63.7 Å². The van der Waals surface area contributed by atoms with Gasteiger partial charge in [-0.25, -0.2) is 0 Å². The van der Waals surface area contributed by atoms with Gasteiger partial charge in [-0.05, 0) is 30.7 Å². The molecule has 0 heterocycles. The van der Waals surface area contributed by atoms with E-state index in [9.17, 15) is 10.1 Å². The van der Waals surface area contributed by atoms with Crippen LogP contribution in [0.3, 0.4) is 0 Å². The Morgan fingerprint density at radius 3 is 2.40 bits per heavy atom. The van der Waals surface area contributed by atoms with Gasteiger partial charge in [0.2, 0.25) is 0 Å². The maximum atomic E-state index is 11.2. The molecule has 0 aromatic heterocycles. The number of halogens is 1. The lowest BCUT2D eigenvalue weighted by molar-refractivity contribution is -0.384. The molecule has 0 amide bonds. The fraction of sp³-hybridized carbons (Fsp3) is 0.200. The lowest BCUT2D eigenvalue weighted by atomic mass is 10.1. The van der Waals surface area contributed by atoms with Crippen LogP contribution in [0.1, 0.15) is 11.1 Å². The standard InChI is InChI=1S/C15H15ClN2O2/c1-11-3-6-13(7-4-11)17(2)14-8-5-12(10-16)9-15(14)18(19)20/h3-9H,10H2,1-2H3. The van der Waals surface area contributed by atoms with Gasteiger partial charge in [0.25, 0.3) is 5.69 Å². The molecule has 0 aliphatic rings. The van der Waals surface area contributed by atoms with Crippen LogP contribution in [-0.4, -0.2) is 12.0 Å². The molecule has 0 aliphatic heterocycles. The monoisotopic (exact) mass is 290 g/mol. The number of aryl methyl sites for hydroxylation is 1. The molecule has 4 nitrogen and oxygen atoms in total. The van der Waals surface area contributed by atoms with E-state index in [4.69, 9.17) is 11.6 Å². The third kappa shape index (κ3) is 2.91. The predicted octanol–water partition coefficient (Wildman–Crippen LogP) is 4.41. The molecule has 0 saturated carbocycles. The van der Waals surface area contributed by atoms with E-state index < -0.39 is 0 Å². The van der Waals surface area contributed by atoms with Crippen LogP contribution in [0.15, 0.2) is 42.5 Å². The minimum absolute atomic E-state index is 0.0613. The van der Waals surface area contributed by atoms with Crippen LogP contribution in [0.5, 0.6) is 0 Å². The maximum Gasteiger partial charge on any atom is 0.293 e. The van der Waals surface area contributed by atoms with Gasteiger partial charge in [-0.15, -0.1) is 11.6 Å². The molecular weight excluding hydrogens is 276 g/mol. The summed E-state index contributed by atoms with van der Waals surface area (Å²) in [7, 11) is 1.81. The van der Waals surface area contributed by atoms with Crippen molar-refractivity contribution in [3.8, 4) is 0 Å². The van der Waals surface area contributed by atoms with E-state index in [2.05, 4.69) is 0 Å². The number of alkyl halides is 1. The second kappa shape index (κ2) is 5.92. The Bertz CT molecular complexity index is 626. The minimum atomic E-state index is -0.379. The van der Waals surface area contributed by atoms with E-state index in [0.29, 0.717) is 5.69 Å². The first kappa shape index (κ1) is 14.3. The van der Waals surface area contributed by atoms with Crippen molar-refractivity contribution < 1.29 is 4.92 Å². The van der Waals surface area contributed by atoms with Crippen molar-refractivity contribution >= 4 is 28.7 Å². The summed E-state index contributed by atoms with van der Waals surface area (Å²) in [5.41, 5.74) is 3.39. The zero-order valence-electron chi connectivity index (χ0n) is 11.3. The number of nitro benzene ring substituents is 1. The third-order valence-corrected chi connectivity index (χ3v) is 3.48. The normalized spacial score (nSPS) is 10.3. The molecular formula is C15H15ClN2O2. The molecule has 0 saturated heterocycles. The van der Waals surface area contributed by atoms with Crippen molar-refractivity contribution in [2.24, 2.45) is 0 Å². The Kier molecular flexibility index (Phi) is 4.25. The summed E-state index contributed by atoms with van der Waals surface area (Å²) >= 11 is 5.73. The molecule has 0 atom stereocenters. The van der Waals surface area contributed by atoms with Gasteiger partial charge < -0.3 is 4.90 Å². The number of nitrogens with zero attached hydrogens (tertiary/aromatic N) is 2. The first-order chi connectivity index (χ1) is 9.52. The van der Waals surface area contributed by atoms with Gasteiger partial charge >= 0.3 is 0 Å². The van der Waals surface area contributed by atoms with Crippen LogP contribution in [-0.2, 0) is 5.88 Å². The number of nitro groups is 1. The van der Waals surface area contributed by atoms with Gasteiger partial charge in [0.05, 0.1) is 4.92 Å². The van der Waals surface area contributed by atoms with Crippen molar-refractivity contribution in [1.29, 1.82) is 0 Å². The largest absolute Gasteiger partial charge is 0.339 e. The van der Waals surface area contributed by atoms with Crippen molar-refractivity contribution in [3.63, 3.8) is 0 Å². The second-order valence-corrected chi connectivity index (χ2v) is 4.88. The molecule has 0 radical (unpaired) electrons. The topological polar surface area (TPSA) is 46.4 Å². The molecule has 5 heteroatoms. The summed E-state index contributed by atoms with van der Waals surface area (Å²) in [5.74, 6) is 0.259. The molecule has 0 N–H and O–H groups in total. The minimum Gasteiger partial charge on any atom is -0.339 e. The first-order valence-electron chi connectivity index (χ1n) is 6.16. The molecule has 2 aromatic rings. The molecule has 0 bridgehead atoms. The fourth-order valence-electron chi connectivity index (χ4n) is 1.99. The first-order valence-corrected chi connectivity index (χ1v) is 6.70. The average Bonchev–Trinajstić information content (AvgIpc) is 2.46. The van der Waals surface area contributed by atoms with Crippen LogP contribution in [0.2, 0.25) is 0 Å². The van der Waals surface area contributed by atoms with Crippen LogP contribution in [0.25, 0.3) is 0 Å². The summed E-state index contributed by atoms with van der Waals surface area (Å²) < 4.78 is 0. The van der Waals surface area contributed by atoms with Gasteiger partial charge in [-0.1, -0.05) is 23.8 Å². The van der Waals surface area contributed by atoms with Gasteiger partial charge in [0.1, 0.15) is 5.69 Å². The summed E-state index contributed by atoms with van der Waals surface area (Å²) in [6.45, 7) is 2.00. The van der Waals surface area contributed by atoms with Crippen LogP contribution in [0, 0.1) is 17.0 Å². The van der Waals surface area contributed by atoms with E-state index >= 15 is 0 Å². The fourth-order valence-corrected chi connectivity index (χ4v) is 2.16. The number of hydrogen-bond acceptors (Lipinski definition) is 3. The predicted molar refractivity (Wildman–Crippen MR) is 81.9 cm³/mol. The summed E-state index contributed by atoms with van der Waals surface area (Å²) in [4.78, 5) is 12.6. The Labute approximate surface area is 122 Å². The van der Waals surface area contributed by atoms with Crippen molar-refractivity contribution in [2.75, 3.05) is 11.9 Å². The number of anilines is 2. The molecule has 0 fully saturated rings. The average molecular weight is 291 g/mol. The number of hydrogen-bond donors (Lipinski definition) is 0. The van der Waals surface area contributed by atoms with Crippen molar-refractivity contribution in [1.82, 2.24) is 0 Å². The lowest BCUT2D eigenvalue weighted by Crippen LogP contribution is -2.11. The van der Waals surface area contributed by atoms with E-state index in [0.717, 1.165) is 16.8 Å². The van der Waals surface area contributed by atoms with Crippen LogP contribution in [0.4, 0.5) is 17.1 Å². The van der Waals surface area contributed by atoms with Gasteiger partial charge in [-0.3, -0.25) is 10.1 Å². The smallest absolute Gasteiger partial charge is 0.293 e. The van der Waals surface area contributed by atoms with E-state index in [1.807, 2.05) is 38.2 Å². The van der Waals surface area contributed by atoms with Gasteiger partial charge in [0.15, 0.2) is 0 Å². The Hall–Kier alpha value is -2.07. The van der Waals surface area contributed by atoms with Crippen LogP contribution >= 0.6 is 11.6 Å². The third-order valence-electron chi connectivity index (χ3n) is 3.17. The summed E-state index contributed by atoms with van der Waals surface area (Å²) in [6, 6.07) is 12.9. The zero-order chi connectivity index (χ0) is 14.7. The van der Waals surface area contributed by atoms with E-state index in [-0.39, 0.29) is 16.5 Å². The highest BCUT2D eigenvalue weighted by molar-refractivity contribution is 6.17. The molecule has 2 aromatic carbocycles. The second-order valence-electron chi connectivity index (χ2n) is 4.61. The lowest BCUT2D eigenvalue weighted by Gasteiger charge is -2.19. The highest BCUT2D eigenvalue weighted by Gasteiger charge is 2.18. The zero-order valence-corrected chi connectivity index (χ0v) is 12.1. The number of benzene rings is 2. The van der Waals surface area contributed by atoms with Gasteiger partial charge in [0, 0.05) is 24.7 Å². The molecule has 2 rings (SSSR count). The van der Waals surface area contributed by atoms with E-state index in [1.54, 1.807) is 17.0 Å². The highest BCUT2D eigenvalue weighted by Crippen LogP contribution is 2.33.